The molecule has 21 heavy (non-hydrogen) atoms. The molecule has 0 fully saturated rings. The third kappa shape index (κ3) is 3.75. The zero-order chi connectivity index (χ0) is 15.1. The molecule has 0 aliphatic heterocycles. The summed E-state index contributed by atoms with van der Waals surface area (Å²) in [7, 11) is 3.29. The summed E-state index contributed by atoms with van der Waals surface area (Å²) in [5.74, 6) is 2.34. The van der Waals surface area contributed by atoms with E-state index >= 15 is 0 Å². The first-order chi connectivity index (χ1) is 10.3. The Bertz CT molecular complexity index is 597. The molecule has 0 aliphatic rings. The maximum absolute atomic E-state index is 5.43. The van der Waals surface area contributed by atoms with Crippen LogP contribution in [0.1, 0.15) is 11.1 Å². The summed E-state index contributed by atoms with van der Waals surface area (Å²) >= 11 is 0. The SMILES string of the molecule is C=CCc1cc(CNc2ccccn2)cc(OC)c1OC. The van der Waals surface area contributed by atoms with Crippen molar-refractivity contribution in [1.82, 2.24) is 4.98 Å². The lowest BCUT2D eigenvalue weighted by molar-refractivity contribution is 0.352. The number of anilines is 1. The molecular weight excluding hydrogens is 264 g/mol. The highest BCUT2D eigenvalue weighted by Crippen LogP contribution is 2.33. The number of pyridine rings is 1. The first-order valence-corrected chi connectivity index (χ1v) is 6.78. The molecule has 4 heteroatoms. The second kappa shape index (κ2) is 7.33. The van der Waals surface area contributed by atoms with Crippen molar-refractivity contribution in [3.05, 3.63) is 60.3 Å². The van der Waals surface area contributed by atoms with Crippen LogP contribution in [-0.2, 0) is 13.0 Å². The van der Waals surface area contributed by atoms with Crippen LogP contribution in [0.3, 0.4) is 0 Å². The van der Waals surface area contributed by atoms with Gasteiger partial charge in [0, 0.05) is 18.3 Å². The van der Waals surface area contributed by atoms with Gasteiger partial charge in [0.25, 0.3) is 0 Å². The van der Waals surface area contributed by atoms with Gasteiger partial charge < -0.3 is 14.8 Å². The minimum absolute atomic E-state index is 0.668. The highest BCUT2D eigenvalue weighted by atomic mass is 16.5. The molecule has 2 rings (SSSR count). The van der Waals surface area contributed by atoms with Gasteiger partial charge in [-0.05, 0) is 36.2 Å². The first kappa shape index (κ1) is 14.9. The van der Waals surface area contributed by atoms with Gasteiger partial charge in [0.1, 0.15) is 5.82 Å². The van der Waals surface area contributed by atoms with Crippen molar-refractivity contribution in [1.29, 1.82) is 0 Å². The summed E-state index contributed by atoms with van der Waals surface area (Å²) < 4.78 is 10.8. The molecule has 0 bridgehead atoms. The maximum atomic E-state index is 5.43. The van der Waals surface area contributed by atoms with E-state index in [2.05, 4.69) is 22.9 Å². The van der Waals surface area contributed by atoms with Crippen molar-refractivity contribution in [3.63, 3.8) is 0 Å². The monoisotopic (exact) mass is 284 g/mol. The van der Waals surface area contributed by atoms with E-state index in [4.69, 9.17) is 9.47 Å². The molecular formula is C17H20N2O2. The molecule has 0 spiro atoms. The predicted octanol–water partition coefficient (Wildman–Crippen LogP) is 3.44. The molecule has 1 N–H and O–H groups in total. The van der Waals surface area contributed by atoms with Gasteiger partial charge in [-0.1, -0.05) is 12.1 Å². The van der Waals surface area contributed by atoms with Crippen molar-refractivity contribution in [2.75, 3.05) is 19.5 Å². The fraction of sp³-hybridized carbons (Fsp3) is 0.235. The highest BCUT2D eigenvalue weighted by Gasteiger charge is 2.11. The Labute approximate surface area is 125 Å². The van der Waals surface area contributed by atoms with Gasteiger partial charge in [0.05, 0.1) is 14.2 Å². The highest BCUT2D eigenvalue weighted by molar-refractivity contribution is 5.51. The molecule has 4 nitrogen and oxygen atoms in total. The lowest BCUT2D eigenvalue weighted by Gasteiger charge is -2.15. The lowest BCUT2D eigenvalue weighted by atomic mass is 10.1. The van der Waals surface area contributed by atoms with Crippen LogP contribution in [0.25, 0.3) is 0 Å². The van der Waals surface area contributed by atoms with Crippen LogP contribution in [0.5, 0.6) is 11.5 Å². The number of nitrogens with zero attached hydrogens (tertiary/aromatic N) is 1. The first-order valence-electron chi connectivity index (χ1n) is 6.78. The minimum Gasteiger partial charge on any atom is -0.493 e. The summed E-state index contributed by atoms with van der Waals surface area (Å²) in [4.78, 5) is 4.25. The molecule has 0 saturated heterocycles. The number of ether oxygens (including phenoxy) is 2. The Balaban J connectivity index is 2.23. The van der Waals surface area contributed by atoms with Crippen molar-refractivity contribution < 1.29 is 9.47 Å². The number of aromatic nitrogens is 1. The lowest BCUT2D eigenvalue weighted by Crippen LogP contribution is -2.03. The zero-order valence-electron chi connectivity index (χ0n) is 12.4. The average molecular weight is 284 g/mol. The third-order valence-electron chi connectivity index (χ3n) is 3.12. The predicted molar refractivity (Wildman–Crippen MR) is 85.0 cm³/mol. The topological polar surface area (TPSA) is 43.4 Å². The molecule has 1 heterocycles. The fourth-order valence-corrected chi connectivity index (χ4v) is 2.18. The number of allylic oxidation sites excluding steroid dienone is 1. The Kier molecular flexibility index (Phi) is 5.21. The standard InChI is InChI=1S/C17H20N2O2/c1-4-7-14-10-13(11-15(20-2)17(14)21-3)12-19-16-8-5-6-9-18-16/h4-6,8-11H,1,7,12H2,2-3H3,(H,18,19). The average Bonchev–Trinajstić information content (AvgIpc) is 2.53. The second-order valence-corrected chi connectivity index (χ2v) is 4.55. The van der Waals surface area contributed by atoms with E-state index in [1.54, 1.807) is 20.4 Å². The van der Waals surface area contributed by atoms with Gasteiger partial charge in [0.15, 0.2) is 11.5 Å². The number of rotatable bonds is 7. The number of hydrogen-bond donors (Lipinski definition) is 1. The summed E-state index contributed by atoms with van der Waals surface area (Å²) in [6, 6.07) is 9.85. The van der Waals surface area contributed by atoms with E-state index in [9.17, 15) is 0 Å². The minimum atomic E-state index is 0.668. The number of benzene rings is 1. The Morgan fingerprint density at radius 1 is 1.24 bits per heavy atom. The molecule has 2 aromatic rings. The summed E-state index contributed by atoms with van der Waals surface area (Å²) in [5, 5.41) is 3.29. The molecule has 0 amide bonds. The van der Waals surface area contributed by atoms with Crippen molar-refractivity contribution in [2.24, 2.45) is 0 Å². The van der Waals surface area contributed by atoms with Crippen LogP contribution in [0, 0.1) is 0 Å². The van der Waals surface area contributed by atoms with Gasteiger partial charge in [-0.15, -0.1) is 6.58 Å². The van der Waals surface area contributed by atoms with Gasteiger partial charge >= 0.3 is 0 Å². The van der Waals surface area contributed by atoms with Crippen LogP contribution in [0.4, 0.5) is 5.82 Å². The molecule has 0 aliphatic carbocycles. The largest absolute Gasteiger partial charge is 0.493 e. The van der Waals surface area contributed by atoms with Crippen molar-refractivity contribution >= 4 is 5.82 Å². The normalized spacial score (nSPS) is 10.0. The van der Waals surface area contributed by atoms with Crippen LogP contribution >= 0.6 is 0 Å². The number of nitrogens with one attached hydrogen (secondary N) is 1. The Morgan fingerprint density at radius 2 is 2.10 bits per heavy atom. The van der Waals surface area contributed by atoms with Gasteiger partial charge in [-0.25, -0.2) is 4.98 Å². The quantitative estimate of drug-likeness (QED) is 0.791. The van der Waals surface area contributed by atoms with E-state index in [0.29, 0.717) is 6.54 Å². The Morgan fingerprint density at radius 3 is 2.71 bits per heavy atom. The molecule has 0 atom stereocenters. The molecule has 0 radical (unpaired) electrons. The van der Waals surface area contributed by atoms with Gasteiger partial charge in [-0.2, -0.15) is 0 Å². The summed E-state index contributed by atoms with van der Waals surface area (Å²) in [6.07, 6.45) is 4.35. The van der Waals surface area contributed by atoms with Crippen molar-refractivity contribution in [2.45, 2.75) is 13.0 Å². The fourth-order valence-electron chi connectivity index (χ4n) is 2.18. The number of hydrogen-bond acceptors (Lipinski definition) is 4. The van der Waals surface area contributed by atoms with Gasteiger partial charge in [-0.3, -0.25) is 0 Å². The van der Waals surface area contributed by atoms with Crippen LogP contribution in [0.2, 0.25) is 0 Å². The van der Waals surface area contributed by atoms with E-state index in [-0.39, 0.29) is 0 Å². The second-order valence-electron chi connectivity index (χ2n) is 4.55. The summed E-state index contributed by atoms with van der Waals surface area (Å²) in [5.41, 5.74) is 2.17. The summed E-state index contributed by atoms with van der Waals surface area (Å²) in [6.45, 7) is 4.46. The zero-order valence-corrected chi connectivity index (χ0v) is 12.4. The molecule has 1 aromatic heterocycles. The number of methoxy groups -OCH3 is 2. The maximum Gasteiger partial charge on any atom is 0.164 e. The van der Waals surface area contributed by atoms with E-state index in [0.717, 1.165) is 34.9 Å². The molecule has 1 aromatic carbocycles. The van der Waals surface area contributed by atoms with E-state index in [1.807, 2.05) is 30.3 Å². The smallest absolute Gasteiger partial charge is 0.164 e. The van der Waals surface area contributed by atoms with Gasteiger partial charge in [0.2, 0.25) is 0 Å². The van der Waals surface area contributed by atoms with Crippen LogP contribution < -0.4 is 14.8 Å². The molecule has 0 unspecified atom stereocenters. The Hall–Kier alpha value is -2.49. The van der Waals surface area contributed by atoms with E-state index < -0.39 is 0 Å². The molecule has 110 valence electrons. The van der Waals surface area contributed by atoms with E-state index in [1.165, 1.54) is 0 Å². The third-order valence-corrected chi connectivity index (χ3v) is 3.12. The van der Waals surface area contributed by atoms with Crippen molar-refractivity contribution in [3.8, 4) is 11.5 Å². The molecule has 0 saturated carbocycles. The van der Waals surface area contributed by atoms with Crippen LogP contribution in [0.15, 0.2) is 49.2 Å². The van der Waals surface area contributed by atoms with Crippen LogP contribution in [-0.4, -0.2) is 19.2 Å².